The van der Waals surface area contributed by atoms with Crippen molar-refractivity contribution in [1.29, 1.82) is 0 Å². The number of piperidine rings is 1. The Morgan fingerprint density at radius 3 is 2.74 bits per heavy atom. The second kappa shape index (κ2) is 7.40. The summed E-state index contributed by atoms with van der Waals surface area (Å²) in [5.41, 5.74) is 6.94. The number of carbonyl (C=O) groups is 2. The van der Waals surface area contributed by atoms with Crippen LogP contribution in [0.4, 0.5) is 4.79 Å². The molecule has 27 heavy (non-hydrogen) atoms. The molecule has 2 heterocycles. The average molecular weight is 393 g/mol. The van der Waals surface area contributed by atoms with Crippen LogP contribution in [0.25, 0.3) is 10.9 Å². The van der Waals surface area contributed by atoms with Crippen molar-refractivity contribution in [3.05, 3.63) is 35.0 Å². The van der Waals surface area contributed by atoms with E-state index in [1.54, 1.807) is 23.1 Å². The number of nitrogens with one attached hydrogen (secondary N) is 2. The van der Waals surface area contributed by atoms with Crippen molar-refractivity contribution in [2.45, 2.75) is 44.9 Å². The monoisotopic (exact) mass is 392 g/mol. The maximum atomic E-state index is 12.6. The number of hydrogen-bond acceptors (Lipinski definition) is 4. The van der Waals surface area contributed by atoms with Gasteiger partial charge in [0.2, 0.25) is 0 Å². The van der Waals surface area contributed by atoms with Crippen LogP contribution in [0.5, 0.6) is 0 Å². The van der Waals surface area contributed by atoms with Crippen molar-refractivity contribution in [3.8, 4) is 0 Å². The third-order valence-electron chi connectivity index (χ3n) is 4.45. The Hall–Kier alpha value is -2.25. The molecule has 1 fully saturated rings. The van der Waals surface area contributed by atoms with Crippen LogP contribution in [0.15, 0.2) is 24.3 Å². The highest BCUT2D eigenvalue weighted by atomic mass is 35.5. The molecule has 8 heteroatoms. The number of halogens is 1. The molecule has 1 aromatic heterocycles. The zero-order valence-corrected chi connectivity index (χ0v) is 16.5. The van der Waals surface area contributed by atoms with Crippen LogP contribution < -0.4 is 11.1 Å². The molecule has 1 aliphatic rings. The highest BCUT2D eigenvalue weighted by Gasteiger charge is 2.32. The van der Waals surface area contributed by atoms with E-state index in [0.717, 1.165) is 10.9 Å². The summed E-state index contributed by atoms with van der Waals surface area (Å²) in [6.07, 6.45) is 0.188. The lowest BCUT2D eigenvalue weighted by atomic mass is 10.00. The first-order chi connectivity index (χ1) is 12.6. The highest BCUT2D eigenvalue weighted by molar-refractivity contribution is 6.31. The number of likely N-dealkylation sites (tertiary alicyclic amines) is 1. The predicted octanol–water partition coefficient (Wildman–Crippen LogP) is 2.89. The third kappa shape index (κ3) is 4.73. The summed E-state index contributed by atoms with van der Waals surface area (Å²) in [5.74, 6) is -0.228. The third-order valence-corrected chi connectivity index (χ3v) is 4.69. The Labute approximate surface area is 163 Å². The zero-order chi connectivity index (χ0) is 19.8. The number of H-pyrrole nitrogens is 1. The number of nitrogens with zero attached hydrogens (tertiary/aromatic N) is 1. The maximum absolute atomic E-state index is 12.6. The molecule has 1 unspecified atom stereocenters. The molecule has 1 aliphatic heterocycles. The van der Waals surface area contributed by atoms with E-state index in [1.165, 1.54) is 0 Å². The van der Waals surface area contributed by atoms with Gasteiger partial charge in [-0.3, -0.25) is 4.79 Å². The first-order valence-electron chi connectivity index (χ1n) is 8.95. The summed E-state index contributed by atoms with van der Waals surface area (Å²) in [6.45, 7) is 6.29. The first-order valence-corrected chi connectivity index (χ1v) is 9.33. The standard InChI is InChI=1S/C19H25ClN4O3/c1-19(2,3)27-18(26)24-7-6-15(13(21)10-24)23-17(25)16-9-11-8-12(20)4-5-14(11)22-16/h4-5,8-9,13,15,22H,6-7,10,21H2,1-3H3,(H,23,25)/t13?,15-/m0/s1. The summed E-state index contributed by atoms with van der Waals surface area (Å²) in [5, 5.41) is 4.45. The lowest BCUT2D eigenvalue weighted by Gasteiger charge is -2.37. The normalized spacial score (nSPS) is 20.6. The van der Waals surface area contributed by atoms with Gasteiger partial charge in [0, 0.05) is 41.1 Å². The van der Waals surface area contributed by atoms with E-state index in [-0.39, 0.29) is 24.1 Å². The first kappa shape index (κ1) is 19.5. The molecule has 1 aromatic carbocycles. The van der Waals surface area contributed by atoms with Crippen molar-refractivity contribution in [2.75, 3.05) is 13.1 Å². The molecule has 1 saturated heterocycles. The van der Waals surface area contributed by atoms with Crippen LogP contribution in [-0.2, 0) is 4.74 Å². The Morgan fingerprint density at radius 1 is 1.33 bits per heavy atom. The average Bonchev–Trinajstić information content (AvgIpc) is 2.98. The second-order valence-electron chi connectivity index (χ2n) is 7.87. The summed E-state index contributed by atoms with van der Waals surface area (Å²) in [6, 6.07) is 6.58. The predicted molar refractivity (Wildman–Crippen MR) is 105 cm³/mol. The van der Waals surface area contributed by atoms with Gasteiger partial charge in [0.15, 0.2) is 0 Å². The number of nitrogens with two attached hydrogens (primary N) is 1. The van der Waals surface area contributed by atoms with E-state index >= 15 is 0 Å². The Kier molecular flexibility index (Phi) is 5.35. The fraction of sp³-hybridized carbons (Fsp3) is 0.474. The van der Waals surface area contributed by atoms with Crippen LogP contribution in [0.3, 0.4) is 0 Å². The van der Waals surface area contributed by atoms with Crippen molar-refractivity contribution in [3.63, 3.8) is 0 Å². The molecule has 3 rings (SSSR count). The van der Waals surface area contributed by atoms with Crippen molar-refractivity contribution in [1.82, 2.24) is 15.2 Å². The second-order valence-corrected chi connectivity index (χ2v) is 8.31. The fourth-order valence-corrected chi connectivity index (χ4v) is 3.31. The van der Waals surface area contributed by atoms with E-state index in [0.29, 0.717) is 30.2 Å². The number of aromatic amines is 1. The Morgan fingerprint density at radius 2 is 2.07 bits per heavy atom. The van der Waals surface area contributed by atoms with Gasteiger partial charge in [-0.05, 0) is 51.5 Å². The lowest BCUT2D eigenvalue weighted by Crippen LogP contribution is -2.59. The largest absolute Gasteiger partial charge is 0.444 e. The topological polar surface area (TPSA) is 100 Å². The molecule has 2 amide bonds. The van der Waals surface area contributed by atoms with Gasteiger partial charge in [-0.15, -0.1) is 0 Å². The number of benzene rings is 1. The van der Waals surface area contributed by atoms with Crippen LogP contribution in [0, 0.1) is 0 Å². The van der Waals surface area contributed by atoms with Crippen molar-refractivity contribution >= 4 is 34.5 Å². The molecule has 0 spiro atoms. The van der Waals surface area contributed by atoms with Gasteiger partial charge in [-0.2, -0.15) is 0 Å². The molecule has 2 atom stereocenters. The van der Waals surface area contributed by atoms with Gasteiger partial charge in [0.25, 0.3) is 5.91 Å². The van der Waals surface area contributed by atoms with Crippen molar-refractivity contribution < 1.29 is 14.3 Å². The summed E-state index contributed by atoms with van der Waals surface area (Å²) >= 11 is 5.99. The molecule has 146 valence electrons. The SMILES string of the molecule is CC(C)(C)OC(=O)N1CC[C@H](NC(=O)c2cc3cc(Cl)ccc3[nH]2)C(N)C1. The number of aromatic nitrogens is 1. The van der Waals surface area contributed by atoms with Gasteiger partial charge in [0.1, 0.15) is 11.3 Å². The fourth-order valence-electron chi connectivity index (χ4n) is 3.13. The highest BCUT2D eigenvalue weighted by Crippen LogP contribution is 2.21. The smallest absolute Gasteiger partial charge is 0.410 e. The van der Waals surface area contributed by atoms with E-state index in [2.05, 4.69) is 10.3 Å². The summed E-state index contributed by atoms with van der Waals surface area (Å²) in [7, 11) is 0. The minimum Gasteiger partial charge on any atom is -0.444 e. The van der Waals surface area contributed by atoms with E-state index < -0.39 is 5.60 Å². The number of hydrogen-bond donors (Lipinski definition) is 3. The number of amides is 2. The number of rotatable bonds is 2. The lowest BCUT2D eigenvalue weighted by molar-refractivity contribution is 0.0179. The Balaban J connectivity index is 1.61. The van der Waals surface area contributed by atoms with Crippen LogP contribution in [-0.4, -0.2) is 52.7 Å². The minimum atomic E-state index is -0.551. The number of fused-ring (bicyclic) bond motifs is 1. The molecule has 0 saturated carbocycles. The quantitative estimate of drug-likeness (QED) is 0.731. The van der Waals surface area contributed by atoms with Crippen LogP contribution >= 0.6 is 11.6 Å². The molecule has 4 N–H and O–H groups in total. The Bertz CT molecular complexity index is 858. The van der Waals surface area contributed by atoms with Gasteiger partial charge < -0.3 is 25.7 Å². The van der Waals surface area contributed by atoms with E-state index in [1.807, 2.05) is 26.8 Å². The molecule has 0 bridgehead atoms. The molecular formula is C19H25ClN4O3. The van der Waals surface area contributed by atoms with E-state index in [9.17, 15) is 9.59 Å². The number of ether oxygens (including phenoxy) is 1. The van der Waals surface area contributed by atoms with E-state index in [4.69, 9.17) is 22.1 Å². The molecule has 7 nitrogen and oxygen atoms in total. The van der Waals surface area contributed by atoms with Crippen molar-refractivity contribution in [2.24, 2.45) is 5.73 Å². The molecule has 0 aliphatic carbocycles. The van der Waals surface area contributed by atoms with Gasteiger partial charge in [-0.1, -0.05) is 11.6 Å². The van der Waals surface area contributed by atoms with Crippen LogP contribution in [0.2, 0.25) is 5.02 Å². The maximum Gasteiger partial charge on any atom is 0.410 e. The summed E-state index contributed by atoms with van der Waals surface area (Å²) in [4.78, 5) is 29.4. The minimum absolute atomic E-state index is 0.216. The zero-order valence-electron chi connectivity index (χ0n) is 15.7. The van der Waals surface area contributed by atoms with Gasteiger partial charge in [-0.25, -0.2) is 4.79 Å². The van der Waals surface area contributed by atoms with Gasteiger partial charge in [0.05, 0.1) is 0 Å². The molecule has 0 radical (unpaired) electrons. The van der Waals surface area contributed by atoms with Crippen LogP contribution in [0.1, 0.15) is 37.7 Å². The molecule has 2 aromatic rings. The van der Waals surface area contributed by atoms with Gasteiger partial charge >= 0.3 is 6.09 Å². The molecular weight excluding hydrogens is 368 g/mol. The number of carbonyl (C=O) groups excluding carboxylic acids is 2. The summed E-state index contributed by atoms with van der Waals surface area (Å²) < 4.78 is 5.38.